The third-order valence-electron chi connectivity index (χ3n) is 3.15. The van der Waals surface area contributed by atoms with Crippen molar-refractivity contribution in [1.82, 2.24) is 15.1 Å². The number of nitrogens with zero attached hydrogens (tertiary/aromatic N) is 2. The Morgan fingerprint density at radius 2 is 1.76 bits per heavy atom. The predicted molar refractivity (Wildman–Crippen MR) is 70.7 cm³/mol. The third-order valence-corrected chi connectivity index (χ3v) is 3.15. The number of hydrogen-bond donors (Lipinski definition) is 3. The van der Waals surface area contributed by atoms with Crippen LogP contribution in [-0.2, 0) is 14.4 Å². The maximum atomic E-state index is 11.9. The summed E-state index contributed by atoms with van der Waals surface area (Å²) in [4.78, 5) is 47.7. The number of carbonyl (C=O) groups excluding carboxylic acids is 2. The molecule has 9 nitrogen and oxygen atoms in total. The van der Waals surface area contributed by atoms with Gasteiger partial charge in [-0.2, -0.15) is 0 Å². The lowest BCUT2D eigenvalue weighted by Crippen LogP contribution is -2.50. The van der Waals surface area contributed by atoms with Crippen molar-refractivity contribution in [3.63, 3.8) is 0 Å². The van der Waals surface area contributed by atoms with Crippen LogP contribution in [-0.4, -0.2) is 76.6 Å². The van der Waals surface area contributed by atoms with Gasteiger partial charge in [-0.3, -0.25) is 9.59 Å². The summed E-state index contributed by atoms with van der Waals surface area (Å²) in [6, 6.07) is -2.32. The van der Waals surface area contributed by atoms with Gasteiger partial charge in [0.15, 0.2) is 0 Å². The SMILES string of the molecule is CN(CC(=O)N1CCCC1)C(=O)N[C@H](CC(=O)O)C(=O)O. The fourth-order valence-electron chi connectivity index (χ4n) is 1.98. The van der Waals surface area contributed by atoms with Crippen LogP contribution >= 0.6 is 0 Å². The quantitative estimate of drug-likeness (QED) is 0.588. The molecule has 0 spiro atoms. The van der Waals surface area contributed by atoms with Crippen LogP contribution in [0.25, 0.3) is 0 Å². The van der Waals surface area contributed by atoms with E-state index in [1.807, 2.05) is 0 Å². The Morgan fingerprint density at radius 1 is 1.19 bits per heavy atom. The Bertz CT molecular complexity index is 433. The van der Waals surface area contributed by atoms with Gasteiger partial charge in [-0.25, -0.2) is 9.59 Å². The number of hydrogen-bond acceptors (Lipinski definition) is 4. The molecule has 9 heteroatoms. The Kier molecular flexibility index (Phi) is 5.94. The lowest BCUT2D eigenvalue weighted by Gasteiger charge is -2.23. The molecule has 0 aromatic carbocycles. The summed E-state index contributed by atoms with van der Waals surface area (Å²) in [5, 5.41) is 19.5. The van der Waals surface area contributed by atoms with Gasteiger partial charge >= 0.3 is 18.0 Å². The second-order valence-corrected chi connectivity index (χ2v) is 4.88. The topological polar surface area (TPSA) is 127 Å². The largest absolute Gasteiger partial charge is 0.481 e. The number of likely N-dealkylation sites (N-methyl/N-ethyl adjacent to an activating group) is 1. The van der Waals surface area contributed by atoms with Crippen molar-refractivity contribution in [1.29, 1.82) is 0 Å². The van der Waals surface area contributed by atoms with E-state index in [1.165, 1.54) is 7.05 Å². The first-order chi connectivity index (χ1) is 9.81. The number of urea groups is 1. The Hall–Kier alpha value is -2.32. The van der Waals surface area contributed by atoms with E-state index in [-0.39, 0.29) is 12.5 Å². The maximum absolute atomic E-state index is 11.9. The summed E-state index contributed by atoms with van der Waals surface area (Å²) >= 11 is 0. The number of nitrogens with one attached hydrogen (secondary N) is 1. The average molecular weight is 301 g/mol. The number of rotatable bonds is 6. The van der Waals surface area contributed by atoms with Gasteiger partial charge in [0.05, 0.1) is 6.42 Å². The van der Waals surface area contributed by atoms with E-state index >= 15 is 0 Å². The van der Waals surface area contributed by atoms with Crippen LogP contribution in [0.5, 0.6) is 0 Å². The second kappa shape index (κ2) is 7.46. The van der Waals surface area contributed by atoms with E-state index < -0.39 is 30.4 Å². The van der Waals surface area contributed by atoms with Crippen LogP contribution in [0.15, 0.2) is 0 Å². The van der Waals surface area contributed by atoms with Crippen molar-refractivity contribution in [2.24, 2.45) is 0 Å². The van der Waals surface area contributed by atoms with Crippen LogP contribution in [0, 0.1) is 0 Å². The lowest BCUT2D eigenvalue weighted by molar-refractivity contribution is -0.145. The van der Waals surface area contributed by atoms with Crippen molar-refractivity contribution in [2.75, 3.05) is 26.7 Å². The van der Waals surface area contributed by atoms with Crippen LogP contribution < -0.4 is 5.32 Å². The summed E-state index contributed by atoms with van der Waals surface area (Å²) < 4.78 is 0. The molecule has 0 radical (unpaired) electrons. The molecule has 1 aliphatic heterocycles. The highest BCUT2D eigenvalue weighted by Crippen LogP contribution is 2.07. The lowest BCUT2D eigenvalue weighted by atomic mass is 10.2. The van der Waals surface area contributed by atoms with Gasteiger partial charge in [-0.15, -0.1) is 0 Å². The van der Waals surface area contributed by atoms with E-state index in [1.54, 1.807) is 4.90 Å². The van der Waals surface area contributed by atoms with Gasteiger partial charge in [0.2, 0.25) is 5.91 Å². The fraction of sp³-hybridized carbons (Fsp3) is 0.667. The molecule has 1 atom stereocenters. The molecule has 3 amide bonds. The summed E-state index contributed by atoms with van der Waals surface area (Å²) in [6.07, 6.45) is 1.14. The fourth-order valence-corrected chi connectivity index (χ4v) is 1.98. The third kappa shape index (κ3) is 5.28. The number of amides is 3. The van der Waals surface area contributed by atoms with Crippen LogP contribution in [0.3, 0.4) is 0 Å². The molecular weight excluding hydrogens is 282 g/mol. The molecule has 0 aromatic rings. The molecule has 1 heterocycles. The molecule has 21 heavy (non-hydrogen) atoms. The van der Waals surface area contributed by atoms with Crippen LogP contribution in [0.2, 0.25) is 0 Å². The van der Waals surface area contributed by atoms with Gasteiger partial charge in [0.1, 0.15) is 12.6 Å². The number of aliphatic carboxylic acids is 2. The summed E-state index contributed by atoms with van der Waals surface area (Å²) in [6.45, 7) is 1.14. The highest BCUT2D eigenvalue weighted by atomic mass is 16.4. The number of likely N-dealkylation sites (tertiary alicyclic amines) is 1. The Morgan fingerprint density at radius 3 is 2.24 bits per heavy atom. The van der Waals surface area contributed by atoms with E-state index in [0.29, 0.717) is 13.1 Å². The van der Waals surface area contributed by atoms with Gasteiger partial charge in [0.25, 0.3) is 0 Å². The van der Waals surface area contributed by atoms with Gasteiger partial charge < -0.3 is 25.3 Å². The number of carboxylic acids is 2. The van der Waals surface area contributed by atoms with Crippen molar-refractivity contribution >= 4 is 23.9 Å². The van der Waals surface area contributed by atoms with Crippen molar-refractivity contribution in [2.45, 2.75) is 25.3 Å². The van der Waals surface area contributed by atoms with E-state index in [0.717, 1.165) is 17.7 Å². The van der Waals surface area contributed by atoms with E-state index in [4.69, 9.17) is 10.2 Å². The number of carboxylic acid groups (broad SMARTS) is 2. The molecule has 1 fully saturated rings. The zero-order chi connectivity index (χ0) is 16.0. The van der Waals surface area contributed by atoms with Gasteiger partial charge in [-0.05, 0) is 12.8 Å². The molecule has 0 bridgehead atoms. The molecule has 1 rings (SSSR count). The minimum Gasteiger partial charge on any atom is -0.481 e. The number of carbonyl (C=O) groups is 4. The Balaban J connectivity index is 2.50. The second-order valence-electron chi connectivity index (χ2n) is 4.88. The van der Waals surface area contributed by atoms with Crippen LogP contribution in [0.4, 0.5) is 4.79 Å². The molecule has 118 valence electrons. The standard InChI is InChI=1S/C12H19N3O6/c1-14(7-9(16)15-4-2-3-5-15)12(21)13-8(11(19)20)6-10(17)18/h8H,2-7H2,1H3,(H,13,21)(H,17,18)(H,19,20)/t8-/m1/s1. The van der Waals surface area contributed by atoms with Crippen molar-refractivity contribution in [3.8, 4) is 0 Å². The first-order valence-electron chi connectivity index (χ1n) is 6.55. The zero-order valence-electron chi connectivity index (χ0n) is 11.7. The van der Waals surface area contributed by atoms with Gasteiger partial charge in [0, 0.05) is 20.1 Å². The molecule has 0 unspecified atom stereocenters. The average Bonchev–Trinajstić information content (AvgIpc) is 2.90. The van der Waals surface area contributed by atoms with E-state index in [2.05, 4.69) is 5.32 Å². The van der Waals surface area contributed by atoms with Gasteiger partial charge in [-0.1, -0.05) is 0 Å². The van der Waals surface area contributed by atoms with Crippen LogP contribution in [0.1, 0.15) is 19.3 Å². The molecular formula is C12H19N3O6. The molecule has 0 aromatic heterocycles. The summed E-state index contributed by atoms with van der Waals surface area (Å²) in [5.74, 6) is -2.99. The molecule has 1 aliphatic rings. The zero-order valence-corrected chi connectivity index (χ0v) is 11.7. The molecule has 3 N–H and O–H groups in total. The van der Waals surface area contributed by atoms with Crippen molar-refractivity contribution in [3.05, 3.63) is 0 Å². The molecule has 1 saturated heterocycles. The van der Waals surface area contributed by atoms with Crippen molar-refractivity contribution < 1.29 is 29.4 Å². The summed E-state index contributed by atoms with van der Waals surface area (Å²) in [5.41, 5.74) is 0. The highest BCUT2D eigenvalue weighted by molar-refractivity contribution is 5.88. The molecule has 0 aliphatic carbocycles. The molecule has 0 saturated carbocycles. The highest BCUT2D eigenvalue weighted by Gasteiger charge is 2.26. The minimum absolute atomic E-state index is 0.175. The van der Waals surface area contributed by atoms with E-state index in [9.17, 15) is 19.2 Å². The predicted octanol–water partition coefficient (Wildman–Crippen LogP) is -0.822. The smallest absolute Gasteiger partial charge is 0.326 e. The maximum Gasteiger partial charge on any atom is 0.326 e. The first kappa shape index (κ1) is 16.7. The normalized spacial score (nSPS) is 15.4. The first-order valence-corrected chi connectivity index (χ1v) is 6.55. The monoisotopic (exact) mass is 301 g/mol. The summed E-state index contributed by atoms with van der Waals surface area (Å²) in [7, 11) is 1.35. The Labute approximate surface area is 121 Å². The minimum atomic E-state index is -1.53.